The smallest absolute Gasteiger partial charge is 0.223 e. The highest BCUT2D eigenvalue weighted by Crippen LogP contribution is 2.30. The third-order valence-corrected chi connectivity index (χ3v) is 5.27. The maximum atomic E-state index is 5.76. The van der Waals surface area contributed by atoms with Gasteiger partial charge in [-0.2, -0.15) is 4.98 Å². The van der Waals surface area contributed by atoms with E-state index >= 15 is 0 Å². The molecular weight excluding hydrogens is 288 g/mol. The van der Waals surface area contributed by atoms with Crippen LogP contribution in [-0.4, -0.2) is 16.5 Å². The minimum atomic E-state index is 0.0518. The molecule has 3 rings (SSSR count). The van der Waals surface area contributed by atoms with Crippen LogP contribution in [0.2, 0.25) is 0 Å². The van der Waals surface area contributed by atoms with Gasteiger partial charge in [0.05, 0.1) is 5.39 Å². The van der Waals surface area contributed by atoms with Gasteiger partial charge in [-0.25, -0.2) is 4.98 Å². The van der Waals surface area contributed by atoms with E-state index in [1.165, 1.54) is 4.88 Å². The predicted octanol–water partition coefficient (Wildman–Crippen LogP) is 3.72. The summed E-state index contributed by atoms with van der Waals surface area (Å²) in [5.41, 5.74) is 5.82. The molecule has 0 fully saturated rings. The molecule has 0 spiro atoms. The largest absolute Gasteiger partial charge is 0.368 e. The van der Waals surface area contributed by atoms with Crippen LogP contribution < -0.4 is 11.1 Å². The Morgan fingerprint density at radius 3 is 2.80 bits per heavy atom. The number of nitrogen functional groups attached to an aromatic ring is 1. The van der Waals surface area contributed by atoms with Crippen LogP contribution >= 0.6 is 22.7 Å². The predicted molar refractivity (Wildman–Crippen MR) is 87.7 cm³/mol. The van der Waals surface area contributed by atoms with Crippen LogP contribution in [0.1, 0.15) is 18.7 Å². The molecule has 0 saturated heterocycles. The summed E-state index contributed by atoms with van der Waals surface area (Å²) in [7, 11) is 0. The van der Waals surface area contributed by atoms with Crippen molar-refractivity contribution in [1.82, 2.24) is 9.97 Å². The zero-order valence-electron chi connectivity index (χ0n) is 11.4. The molecule has 4 nitrogen and oxygen atoms in total. The van der Waals surface area contributed by atoms with Gasteiger partial charge in [0.2, 0.25) is 5.95 Å². The van der Waals surface area contributed by atoms with Gasteiger partial charge >= 0.3 is 0 Å². The van der Waals surface area contributed by atoms with Gasteiger partial charge in [0.15, 0.2) is 0 Å². The molecule has 0 aliphatic heterocycles. The highest BCUT2D eigenvalue weighted by atomic mass is 32.1. The summed E-state index contributed by atoms with van der Waals surface area (Å²) in [6.45, 7) is 5.25. The number of thiophene rings is 2. The monoisotopic (exact) mass is 304 g/mol. The van der Waals surface area contributed by atoms with Crippen molar-refractivity contribution in [1.29, 1.82) is 0 Å². The molecule has 0 aliphatic rings. The quantitative estimate of drug-likeness (QED) is 0.771. The Hall–Kier alpha value is -1.66. The van der Waals surface area contributed by atoms with E-state index in [1.807, 2.05) is 11.4 Å². The van der Waals surface area contributed by atoms with Crippen LogP contribution in [0.25, 0.3) is 10.2 Å². The van der Waals surface area contributed by atoms with Crippen LogP contribution in [0.5, 0.6) is 0 Å². The van der Waals surface area contributed by atoms with Gasteiger partial charge in [0.25, 0.3) is 0 Å². The average Bonchev–Trinajstić information content (AvgIpc) is 3.06. The fraction of sp³-hybridized carbons (Fsp3) is 0.286. The lowest BCUT2D eigenvalue weighted by molar-refractivity contribution is 0.568. The first-order valence-corrected chi connectivity index (χ1v) is 8.11. The summed E-state index contributed by atoms with van der Waals surface area (Å²) >= 11 is 3.36. The molecule has 0 amide bonds. The molecule has 104 valence electrons. The van der Waals surface area contributed by atoms with Crippen molar-refractivity contribution in [3.63, 3.8) is 0 Å². The first kappa shape index (κ1) is 13.3. The van der Waals surface area contributed by atoms with Gasteiger partial charge in [0.1, 0.15) is 10.6 Å². The van der Waals surface area contributed by atoms with Gasteiger partial charge in [-0.3, -0.25) is 0 Å². The van der Waals surface area contributed by atoms with E-state index in [1.54, 1.807) is 22.7 Å². The van der Waals surface area contributed by atoms with E-state index < -0.39 is 0 Å². The number of nitrogens with two attached hydrogens (primary N) is 1. The van der Waals surface area contributed by atoms with Crippen molar-refractivity contribution in [3.8, 4) is 0 Å². The molecule has 0 aromatic carbocycles. The van der Waals surface area contributed by atoms with Crippen molar-refractivity contribution in [2.75, 3.05) is 17.6 Å². The van der Waals surface area contributed by atoms with Crippen LogP contribution in [-0.2, 0) is 5.41 Å². The molecule has 3 N–H and O–H groups in total. The standard InChI is InChI=1S/C14H16N4S2/c1-14(2,10-4-3-6-19-10)8-16-11-9-5-7-20-12(9)18-13(15)17-11/h3-7H,8H2,1-2H3,(H3,15,16,17,18). The Morgan fingerprint density at radius 2 is 2.05 bits per heavy atom. The van der Waals surface area contributed by atoms with E-state index in [0.29, 0.717) is 5.95 Å². The molecule has 3 heterocycles. The van der Waals surface area contributed by atoms with Crippen LogP contribution in [0, 0.1) is 0 Å². The minimum Gasteiger partial charge on any atom is -0.368 e. The van der Waals surface area contributed by atoms with Crippen molar-refractivity contribution in [2.45, 2.75) is 19.3 Å². The van der Waals surface area contributed by atoms with Crippen molar-refractivity contribution < 1.29 is 0 Å². The van der Waals surface area contributed by atoms with Crippen LogP contribution in [0.3, 0.4) is 0 Å². The molecule has 20 heavy (non-hydrogen) atoms. The second-order valence-electron chi connectivity index (χ2n) is 5.28. The molecule has 0 saturated carbocycles. The molecular formula is C14H16N4S2. The Labute approximate surface area is 125 Å². The van der Waals surface area contributed by atoms with Gasteiger partial charge < -0.3 is 11.1 Å². The molecule has 0 aliphatic carbocycles. The van der Waals surface area contributed by atoms with Gasteiger partial charge in [-0.1, -0.05) is 19.9 Å². The third kappa shape index (κ3) is 2.48. The number of fused-ring (bicyclic) bond motifs is 1. The number of hydrogen-bond donors (Lipinski definition) is 2. The molecule has 6 heteroatoms. The highest BCUT2D eigenvalue weighted by Gasteiger charge is 2.22. The van der Waals surface area contributed by atoms with E-state index in [4.69, 9.17) is 5.73 Å². The summed E-state index contributed by atoms with van der Waals surface area (Å²) in [6, 6.07) is 6.28. The maximum absolute atomic E-state index is 5.76. The summed E-state index contributed by atoms with van der Waals surface area (Å²) in [4.78, 5) is 10.8. The highest BCUT2D eigenvalue weighted by molar-refractivity contribution is 7.16. The minimum absolute atomic E-state index is 0.0518. The number of hydrogen-bond acceptors (Lipinski definition) is 6. The number of rotatable bonds is 4. The molecule has 0 unspecified atom stereocenters. The Morgan fingerprint density at radius 1 is 1.20 bits per heavy atom. The van der Waals surface area contributed by atoms with E-state index in [2.05, 4.69) is 46.6 Å². The van der Waals surface area contributed by atoms with E-state index in [0.717, 1.165) is 22.6 Å². The summed E-state index contributed by atoms with van der Waals surface area (Å²) < 4.78 is 0. The van der Waals surface area contributed by atoms with Crippen LogP contribution in [0.4, 0.5) is 11.8 Å². The second kappa shape index (κ2) is 5.03. The number of nitrogens with one attached hydrogen (secondary N) is 1. The molecule has 3 aromatic rings. The van der Waals surface area contributed by atoms with Crippen LogP contribution in [0.15, 0.2) is 29.0 Å². The normalized spacial score (nSPS) is 11.9. The second-order valence-corrected chi connectivity index (χ2v) is 7.13. The molecule has 0 atom stereocenters. The maximum Gasteiger partial charge on any atom is 0.223 e. The first-order valence-electron chi connectivity index (χ1n) is 6.35. The van der Waals surface area contributed by atoms with Gasteiger partial charge in [-0.05, 0) is 22.9 Å². The number of anilines is 2. The van der Waals surface area contributed by atoms with E-state index in [-0.39, 0.29) is 5.41 Å². The Kier molecular flexibility index (Phi) is 3.35. The first-order chi connectivity index (χ1) is 9.56. The zero-order chi connectivity index (χ0) is 14.2. The lowest BCUT2D eigenvalue weighted by Crippen LogP contribution is -2.27. The number of nitrogens with zero attached hydrogens (tertiary/aromatic N) is 2. The summed E-state index contributed by atoms with van der Waals surface area (Å²) in [6.07, 6.45) is 0. The summed E-state index contributed by atoms with van der Waals surface area (Å²) in [5.74, 6) is 1.13. The van der Waals surface area contributed by atoms with Crippen molar-refractivity contribution >= 4 is 44.7 Å². The fourth-order valence-electron chi connectivity index (χ4n) is 2.06. The molecule has 3 aromatic heterocycles. The Balaban J connectivity index is 1.85. The lowest BCUT2D eigenvalue weighted by Gasteiger charge is -2.24. The van der Waals surface area contributed by atoms with Gasteiger partial charge in [-0.15, -0.1) is 22.7 Å². The van der Waals surface area contributed by atoms with Gasteiger partial charge in [0, 0.05) is 16.8 Å². The average molecular weight is 304 g/mol. The molecule has 0 radical (unpaired) electrons. The van der Waals surface area contributed by atoms with Crippen molar-refractivity contribution in [3.05, 3.63) is 33.8 Å². The third-order valence-electron chi connectivity index (χ3n) is 3.23. The molecule has 0 bridgehead atoms. The summed E-state index contributed by atoms with van der Waals surface area (Å²) in [5, 5.41) is 8.58. The Bertz CT molecular complexity index is 716. The van der Waals surface area contributed by atoms with Crippen molar-refractivity contribution in [2.24, 2.45) is 0 Å². The fourth-order valence-corrected chi connectivity index (χ4v) is 3.69. The number of aromatic nitrogens is 2. The lowest BCUT2D eigenvalue weighted by atomic mass is 9.91. The SMILES string of the molecule is CC(C)(CNc1nc(N)nc2sccc12)c1cccs1. The van der Waals surface area contributed by atoms with E-state index in [9.17, 15) is 0 Å². The zero-order valence-corrected chi connectivity index (χ0v) is 13.0. The topological polar surface area (TPSA) is 63.8 Å².